The minimum Gasteiger partial charge on any atom is -0.343 e. The number of hydrogen-bond donors (Lipinski definition) is 2. The van der Waals surface area contributed by atoms with Gasteiger partial charge in [-0.15, -0.1) is 0 Å². The van der Waals surface area contributed by atoms with Crippen molar-refractivity contribution in [2.75, 3.05) is 26.2 Å². The molecule has 19 heavy (non-hydrogen) atoms. The van der Waals surface area contributed by atoms with Crippen molar-refractivity contribution in [2.45, 2.75) is 38.6 Å². The van der Waals surface area contributed by atoms with Gasteiger partial charge in [0.25, 0.3) is 0 Å². The first-order chi connectivity index (χ1) is 9.28. The van der Waals surface area contributed by atoms with E-state index in [1.165, 1.54) is 51.0 Å². The Morgan fingerprint density at radius 3 is 2.53 bits per heavy atom. The molecule has 1 aliphatic rings. The van der Waals surface area contributed by atoms with Crippen LogP contribution in [0.1, 0.15) is 31.7 Å². The fraction of sp³-hybridized carbons (Fsp3) is 0.625. The molecule has 2 nitrogen and oxygen atoms in total. The first-order valence-corrected chi connectivity index (χ1v) is 8.07. The van der Waals surface area contributed by atoms with Gasteiger partial charge < -0.3 is 10.2 Å². The normalized spacial score (nSPS) is 23.5. The van der Waals surface area contributed by atoms with E-state index in [1.807, 2.05) is 17.0 Å². The molecule has 1 aromatic rings. The second-order valence-corrected chi connectivity index (χ2v) is 6.17. The average Bonchev–Trinajstić information content (AvgIpc) is 2.43. The second kappa shape index (κ2) is 7.88. The van der Waals surface area contributed by atoms with Gasteiger partial charge in [-0.25, -0.2) is 0 Å². The molecule has 0 bridgehead atoms. The lowest BCUT2D eigenvalue weighted by molar-refractivity contribution is -0.913. The lowest BCUT2D eigenvalue weighted by Gasteiger charge is -2.27. The van der Waals surface area contributed by atoms with Gasteiger partial charge in [0.15, 0.2) is 0 Å². The van der Waals surface area contributed by atoms with E-state index < -0.39 is 0 Å². The molecule has 0 aliphatic carbocycles. The largest absolute Gasteiger partial charge is 0.343 e. The summed E-state index contributed by atoms with van der Waals surface area (Å²) in [6, 6.07) is 9.12. The Bertz CT molecular complexity index is 356. The van der Waals surface area contributed by atoms with Crippen molar-refractivity contribution in [1.82, 2.24) is 0 Å². The predicted molar refractivity (Wildman–Crippen MR) is 80.8 cm³/mol. The summed E-state index contributed by atoms with van der Waals surface area (Å²) in [6.07, 6.45) is 5.24. The van der Waals surface area contributed by atoms with Crippen molar-refractivity contribution in [3.63, 3.8) is 0 Å². The second-order valence-electron chi connectivity index (χ2n) is 5.74. The third-order valence-electron chi connectivity index (χ3n) is 4.19. The predicted octanol–water partition coefficient (Wildman–Crippen LogP) is 0.903. The first kappa shape index (κ1) is 14.8. The number of likely N-dealkylation sites (tertiary alicyclic amines) is 1. The van der Waals surface area contributed by atoms with Gasteiger partial charge in [0.2, 0.25) is 0 Å². The number of hydrogen-bond acceptors (Lipinski definition) is 0. The van der Waals surface area contributed by atoms with Crippen LogP contribution in [0.25, 0.3) is 0 Å². The maximum absolute atomic E-state index is 5.90. The summed E-state index contributed by atoms with van der Waals surface area (Å²) < 4.78 is 0. The molecule has 1 aliphatic heterocycles. The highest BCUT2D eigenvalue weighted by atomic mass is 35.5. The van der Waals surface area contributed by atoms with E-state index in [1.54, 1.807) is 0 Å². The molecule has 3 N–H and O–H groups in total. The Balaban J connectivity index is 1.63. The molecule has 0 aromatic heterocycles. The number of nitrogens with one attached hydrogen (secondary N) is 1. The number of piperidine rings is 1. The molecule has 2 rings (SSSR count). The standard InChI is InChI=1S/C16H25ClN2/c1-2-11-19-12-8-16(9-13-19)18-10-7-14-3-5-15(17)6-4-14/h3-6,16,18H,2,7-13H2,1H3/p+2. The lowest BCUT2D eigenvalue weighted by Crippen LogP contribution is -3.14. The fourth-order valence-corrected chi connectivity index (χ4v) is 3.15. The van der Waals surface area contributed by atoms with Crippen LogP contribution in [0.5, 0.6) is 0 Å². The monoisotopic (exact) mass is 282 g/mol. The van der Waals surface area contributed by atoms with E-state index in [0.29, 0.717) is 0 Å². The van der Waals surface area contributed by atoms with Crippen LogP contribution in [0.2, 0.25) is 5.02 Å². The highest BCUT2D eigenvalue weighted by Gasteiger charge is 2.23. The average molecular weight is 283 g/mol. The zero-order valence-corrected chi connectivity index (χ0v) is 12.8. The van der Waals surface area contributed by atoms with E-state index in [0.717, 1.165) is 17.5 Å². The zero-order valence-electron chi connectivity index (χ0n) is 12.0. The van der Waals surface area contributed by atoms with Crippen LogP contribution in [0.4, 0.5) is 0 Å². The minimum absolute atomic E-state index is 0.832. The van der Waals surface area contributed by atoms with Gasteiger partial charge >= 0.3 is 0 Å². The van der Waals surface area contributed by atoms with Gasteiger partial charge in [-0.1, -0.05) is 30.7 Å². The maximum atomic E-state index is 5.90. The third kappa shape index (κ3) is 5.13. The molecule has 1 fully saturated rings. The summed E-state index contributed by atoms with van der Waals surface area (Å²) in [6.45, 7) is 7.59. The Hall–Kier alpha value is -0.570. The Morgan fingerprint density at radius 1 is 1.21 bits per heavy atom. The van der Waals surface area contributed by atoms with Gasteiger partial charge in [0.05, 0.1) is 32.2 Å². The van der Waals surface area contributed by atoms with Crippen LogP contribution < -0.4 is 10.2 Å². The third-order valence-corrected chi connectivity index (χ3v) is 4.44. The van der Waals surface area contributed by atoms with E-state index in [2.05, 4.69) is 24.4 Å². The number of halogens is 1. The zero-order chi connectivity index (χ0) is 13.5. The number of rotatable bonds is 6. The van der Waals surface area contributed by atoms with Crippen molar-refractivity contribution in [2.24, 2.45) is 0 Å². The molecule has 0 radical (unpaired) electrons. The molecule has 1 saturated heterocycles. The van der Waals surface area contributed by atoms with E-state index in [4.69, 9.17) is 11.6 Å². The number of benzene rings is 1. The number of quaternary nitrogens is 2. The van der Waals surface area contributed by atoms with E-state index in [-0.39, 0.29) is 0 Å². The van der Waals surface area contributed by atoms with Gasteiger partial charge in [0, 0.05) is 24.3 Å². The van der Waals surface area contributed by atoms with Crippen LogP contribution in [0.3, 0.4) is 0 Å². The summed E-state index contributed by atoms with van der Waals surface area (Å²) >= 11 is 5.90. The summed E-state index contributed by atoms with van der Waals surface area (Å²) in [5.41, 5.74) is 1.40. The van der Waals surface area contributed by atoms with E-state index >= 15 is 0 Å². The van der Waals surface area contributed by atoms with Crippen LogP contribution in [-0.4, -0.2) is 32.2 Å². The Labute approximate surface area is 122 Å². The van der Waals surface area contributed by atoms with Crippen molar-refractivity contribution in [3.05, 3.63) is 34.9 Å². The fourth-order valence-electron chi connectivity index (χ4n) is 3.02. The summed E-state index contributed by atoms with van der Waals surface area (Å²) in [5.74, 6) is 0. The topological polar surface area (TPSA) is 21.1 Å². The summed E-state index contributed by atoms with van der Waals surface area (Å²) in [5, 5.41) is 3.39. The summed E-state index contributed by atoms with van der Waals surface area (Å²) in [4.78, 5) is 1.81. The quantitative estimate of drug-likeness (QED) is 0.774. The molecule has 106 valence electrons. The number of nitrogens with two attached hydrogens (primary N) is 1. The maximum Gasteiger partial charge on any atom is 0.0967 e. The summed E-state index contributed by atoms with van der Waals surface area (Å²) in [7, 11) is 0. The Morgan fingerprint density at radius 2 is 1.89 bits per heavy atom. The van der Waals surface area contributed by atoms with Crippen LogP contribution in [0.15, 0.2) is 24.3 Å². The molecule has 0 spiro atoms. The van der Waals surface area contributed by atoms with Crippen molar-refractivity contribution >= 4 is 11.6 Å². The van der Waals surface area contributed by atoms with Crippen molar-refractivity contribution < 1.29 is 10.2 Å². The molecule has 1 aromatic carbocycles. The first-order valence-electron chi connectivity index (χ1n) is 7.69. The highest BCUT2D eigenvalue weighted by molar-refractivity contribution is 6.30. The van der Waals surface area contributed by atoms with Crippen LogP contribution in [0, 0.1) is 0 Å². The van der Waals surface area contributed by atoms with E-state index in [9.17, 15) is 0 Å². The van der Waals surface area contributed by atoms with Crippen molar-refractivity contribution in [3.8, 4) is 0 Å². The molecule has 0 unspecified atom stereocenters. The minimum atomic E-state index is 0.832. The molecule has 3 heteroatoms. The molecular weight excluding hydrogens is 256 g/mol. The SMILES string of the molecule is CCC[NH+]1CCC([NH2+]CCc2ccc(Cl)cc2)CC1. The van der Waals surface area contributed by atoms with Crippen molar-refractivity contribution in [1.29, 1.82) is 0 Å². The molecular formula is C16H27ClN2+2. The smallest absolute Gasteiger partial charge is 0.0967 e. The van der Waals surface area contributed by atoms with Crippen LogP contribution in [-0.2, 0) is 6.42 Å². The Kier molecular flexibility index (Phi) is 6.15. The van der Waals surface area contributed by atoms with Gasteiger partial charge in [-0.2, -0.15) is 0 Å². The van der Waals surface area contributed by atoms with Gasteiger partial charge in [-0.3, -0.25) is 0 Å². The highest BCUT2D eigenvalue weighted by Crippen LogP contribution is 2.09. The molecule has 0 saturated carbocycles. The van der Waals surface area contributed by atoms with Crippen LogP contribution >= 0.6 is 11.6 Å². The lowest BCUT2D eigenvalue weighted by atomic mass is 10.0. The molecule has 1 heterocycles. The molecule has 0 amide bonds. The van der Waals surface area contributed by atoms with Gasteiger partial charge in [-0.05, 0) is 24.1 Å². The van der Waals surface area contributed by atoms with Gasteiger partial charge in [0.1, 0.15) is 0 Å². The molecule has 0 atom stereocenters.